The van der Waals surface area contributed by atoms with Crippen molar-refractivity contribution in [3.8, 4) is 11.1 Å². The molecule has 0 spiro atoms. The summed E-state index contributed by atoms with van der Waals surface area (Å²) < 4.78 is 39.3. The van der Waals surface area contributed by atoms with Crippen LogP contribution < -0.4 is 15.5 Å². The van der Waals surface area contributed by atoms with Crippen molar-refractivity contribution < 1.29 is 18.0 Å². The van der Waals surface area contributed by atoms with Crippen molar-refractivity contribution in [2.45, 2.75) is 18.8 Å². The summed E-state index contributed by atoms with van der Waals surface area (Å²) in [7, 11) is 3.50. The molecule has 1 heterocycles. The first kappa shape index (κ1) is 26.6. The smallest absolute Gasteiger partial charge is 0.379 e. The number of benzene rings is 4. The molecule has 5 nitrogen and oxygen atoms in total. The number of likely N-dealkylation sites (N-methyl/N-ethyl adjacent to an activating group) is 1. The molecular formula is C31H31F3N4O. The minimum absolute atomic E-state index is 0.0201. The number of carbonyl (C=O) groups excluding carboxylic acids is 1. The van der Waals surface area contributed by atoms with Gasteiger partial charge in [-0.2, -0.15) is 13.2 Å². The van der Waals surface area contributed by atoms with Crippen LogP contribution in [0.25, 0.3) is 21.9 Å². The van der Waals surface area contributed by atoms with Crippen LogP contribution in [0.2, 0.25) is 0 Å². The number of alkyl halides is 3. The SMILES string of the molecule is CN(C)C(=O)C1CN(c2ccc(-c3ccc(C(F)(F)F)cc3)cc2NCc2ccc3ccccc3c2)CCN1. The lowest BCUT2D eigenvalue weighted by atomic mass is 10.0. The zero-order valence-electron chi connectivity index (χ0n) is 21.9. The first-order valence-corrected chi connectivity index (χ1v) is 12.9. The van der Waals surface area contributed by atoms with Gasteiger partial charge in [0, 0.05) is 40.3 Å². The van der Waals surface area contributed by atoms with Crippen molar-refractivity contribution in [1.82, 2.24) is 10.2 Å². The Bertz CT molecular complexity index is 1470. The molecule has 4 aromatic rings. The zero-order valence-corrected chi connectivity index (χ0v) is 21.9. The number of carbonyl (C=O) groups is 1. The highest BCUT2D eigenvalue weighted by Gasteiger charge is 2.30. The minimum atomic E-state index is -4.38. The number of hydrogen-bond donors (Lipinski definition) is 2. The molecule has 1 atom stereocenters. The van der Waals surface area contributed by atoms with Gasteiger partial charge in [0.2, 0.25) is 5.91 Å². The number of fused-ring (bicyclic) bond motifs is 1. The van der Waals surface area contributed by atoms with Gasteiger partial charge in [0.1, 0.15) is 6.04 Å². The maximum Gasteiger partial charge on any atom is 0.416 e. The lowest BCUT2D eigenvalue weighted by Gasteiger charge is -2.36. The maximum atomic E-state index is 13.1. The summed E-state index contributed by atoms with van der Waals surface area (Å²) in [4.78, 5) is 16.4. The van der Waals surface area contributed by atoms with Gasteiger partial charge in [-0.15, -0.1) is 0 Å². The highest BCUT2D eigenvalue weighted by Crippen LogP contribution is 2.35. The fourth-order valence-corrected chi connectivity index (χ4v) is 4.98. The van der Waals surface area contributed by atoms with Crippen molar-refractivity contribution in [3.63, 3.8) is 0 Å². The summed E-state index contributed by atoms with van der Waals surface area (Å²) in [6.07, 6.45) is -4.38. The average molecular weight is 533 g/mol. The fraction of sp³-hybridized carbons (Fsp3) is 0.258. The molecular weight excluding hydrogens is 501 g/mol. The van der Waals surface area contributed by atoms with Gasteiger partial charge in [-0.1, -0.05) is 54.6 Å². The van der Waals surface area contributed by atoms with Crippen LogP contribution in [0.3, 0.4) is 0 Å². The third-order valence-electron chi connectivity index (χ3n) is 7.09. The first-order valence-electron chi connectivity index (χ1n) is 12.9. The number of hydrogen-bond acceptors (Lipinski definition) is 4. The summed E-state index contributed by atoms with van der Waals surface area (Å²) in [5.74, 6) is 0.0201. The van der Waals surface area contributed by atoms with Crippen LogP contribution in [-0.2, 0) is 17.5 Å². The first-order chi connectivity index (χ1) is 18.7. The summed E-state index contributed by atoms with van der Waals surface area (Å²) in [5, 5.41) is 9.20. The van der Waals surface area contributed by atoms with E-state index in [0.29, 0.717) is 25.2 Å². The van der Waals surface area contributed by atoms with Gasteiger partial charge < -0.3 is 20.4 Å². The predicted octanol–water partition coefficient (Wildman–Crippen LogP) is 6.00. The molecule has 1 amide bonds. The highest BCUT2D eigenvalue weighted by atomic mass is 19.4. The molecule has 8 heteroatoms. The van der Waals surface area contributed by atoms with Gasteiger partial charge in [-0.05, 0) is 57.8 Å². The molecule has 2 N–H and O–H groups in total. The van der Waals surface area contributed by atoms with Gasteiger partial charge in [-0.3, -0.25) is 4.79 Å². The molecule has 0 aliphatic carbocycles. The molecule has 1 fully saturated rings. The molecule has 1 aliphatic heterocycles. The van der Waals surface area contributed by atoms with E-state index in [2.05, 4.69) is 45.9 Å². The number of piperazine rings is 1. The van der Waals surface area contributed by atoms with Crippen LogP contribution in [0, 0.1) is 0 Å². The summed E-state index contributed by atoms with van der Waals surface area (Å²) in [6, 6.07) is 25.3. The number of nitrogens with zero attached hydrogens (tertiary/aromatic N) is 2. The van der Waals surface area contributed by atoms with E-state index in [0.717, 1.165) is 46.6 Å². The topological polar surface area (TPSA) is 47.6 Å². The largest absolute Gasteiger partial charge is 0.416 e. The quantitative estimate of drug-likeness (QED) is 0.320. The van der Waals surface area contributed by atoms with Gasteiger partial charge in [0.25, 0.3) is 0 Å². The van der Waals surface area contributed by atoms with Gasteiger partial charge in [0.05, 0.1) is 16.9 Å². The Kier molecular flexibility index (Phi) is 7.48. The highest BCUT2D eigenvalue weighted by molar-refractivity contribution is 5.85. The van der Waals surface area contributed by atoms with E-state index in [1.807, 2.05) is 30.3 Å². The van der Waals surface area contributed by atoms with Crippen molar-refractivity contribution in [3.05, 3.63) is 96.1 Å². The van der Waals surface area contributed by atoms with Gasteiger partial charge >= 0.3 is 6.18 Å². The van der Waals surface area contributed by atoms with Crippen LogP contribution >= 0.6 is 0 Å². The predicted molar refractivity (Wildman–Crippen MR) is 151 cm³/mol. The van der Waals surface area contributed by atoms with Crippen molar-refractivity contribution in [2.24, 2.45) is 0 Å². The van der Waals surface area contributed by atoms with Crippen LogP contribution in [0.4, 0.5) is 24.5 Å². The normalized spacial score (nSPS) is 15.8. The Morgan fingerprint density at radius 3 is 2.38 bits per heavy atom. The second-order valence-electron chi connectivity index (χ2n) is 10.0. The maximum absolute atomic E-state index is 13.1. The lowest BCUT2D eigenvalue weighted by Crippen LogP contribution is -2.57. The molecule has 0 saturated carbocycles. The standard InChI is InChI=1S/C31H31F3N4O/c1-37(2)30(39)28-20-38(16-15-35-28)29-14-11-25(23-9-12-26(13-10-23)31(32,33)34)18-27(29)36-19-21-7-8-22-5-3-4-6-24(22)17-21/h3-14,17-18,28,35-36H,15-16,19-20H2,1-2H3. The molecule has 4 aromatic carbocycles. The third-order valence-corrected chi connectivity index (χ3v) is 7.09. The molecule has 39 heavy (non-hydrogen) atoms. The lowest BCUT2D eigenvalue weighted by molar-refractivity contribution is -0.137. The summed E-state index contributed by atoms with van der Waals surface area (Å²) in [5.41, 5.74) is 3.76. The number of halogens is 3. The Labute approximate surface area is 226 Å². The van der Waals surface area contributed by atoms with Crippen LogP contribution in [-0.4, -0.2) is 50.6 Å². The van der Waals surface area contributed by atoms with E-state index >= 15 is 0 Å². The summed E-state index contributed by atoms with van der Waals surface area (Å²) in [6.45, 7) is 2.47. The Hall–Kier alpha value is -4.04. The average Bonchev–Trinajstić information content (AvgIpc) is 2.95. The van der Waals surface area contributed by atoms with Crippen LogP contribution in [0.15, 0.2) is 84.9 Å². The second kappa shape index (κ2) is 11.0. The molecule has 5 rings (SSSR count). The molecule has 0 aromatic heterocycles. The van der Waals surface area contributed by atoms with E-state index in [1.165, 1.54) is 17.5 Å². The Morgan fingerprint density at radius 2 is 1.67 bits per heavy atom. The fourth-order valence-electron chi connectivity index (χ4n) is 4.98. The van der Waals surface area contributed by atoms with E-state index in [4.69, 9.17) is 0 Å². The van der Waals surface area contributed by atoms with E-state index in [9.17, 15) is 18.0 Å². The number of nitrogens with one attached hydrogen (secondary N) is 2. The molecule has 0 radical (unpaired) electrons. The van der Waals surface area contributed by atoms with E-state index in [-0.39, 0.29) is 11.9 Å². The van der Waals surface area contributed by atoms with Gasteiger partial charge in [-0.25, -0.2) is 0 Å². The second-order valence-corrected chi connectivity index (χ2v) is 10.0. The molecule has 1 aliphatic rings. The molecule has 202 valence electrons. The monoisotopic (exact) mass is 532 g/mol. The summed E-state index contributed by atoms with van der Waals surface area (Å²) >= 11 is 0. The Morgan fingerprint density at radius 1 is 0.949 bits per heavy atom. The van der Waals surface area contributed by atoms with E-state index < -0.39 is 11.7 Å². The van der Waals surface area contributed by atoms with E-state index in [1.54, 1.807) is 19.0 Å². The van der Waals surface area contributed by atoms with Crippen LogP contribution in [0.5, 0.6) is 0 Å². The Balaban J connectivity index is 1.46. The van der Waals surface area contributed by atoms with Crippen molar-refractivity contribution in [1.29, 1.82) is 0 Å². The number of amides is 1. The molecule has 0 bridgehead atoms. The number of anilines is 2. The molecule has 1 saturated heterocycles. The van der Waals surface area contributed by atoms with Crippen molar-refractivity contribution >= 4 is 28.1 Å². The molecule has 1 unspecified atom stereocenters. The third kappa shape index (κ3) is 6.01. The van der Waals surface area contributed by atoms with Gasteiger partial charge in [0.15, 0.2) is 0 Å². The zero-order chi connectivity index (χ0) is 27.6. The minimum Gasteiger partial charge on any atom is -0.379 e. The van der Waals surface area contributed by atoms with Crippen molar-refractivity contribution in [2.75, 3.05) is 43.9 Å². The number of rotatable bonds is 6. The van der Waals surface area contributed by atoms with Crippen LogP contribution in [0.1, 0.15) is 11.1 Å².